The largest absolute Gasteiger partial charge is 0.394 e. The molecule has 0 radical (unpaired) electrons. The molecule has 1 aliphatic rings. The summed E-state index contributed by atoms with van der Waals surface area (Å²) in [7, 11) is 0. The van der Waals surface area contributed by atoms with Crippen molar-refractivity contribution in [2.75, 3.05) is 32.9 Å². The van der Waals surface area contributed by atoms with Crippen LogP contribution in [0, 0.1) is 0 Å². The first-order chi connectivity index (χ1) is 8.25. The quantitative estimate of drug-likeness (QED) is 0.664. The zero-order valence-electron chi connectivity index (χ0n) is 9.79. The van der Waals surface area contributed by atoms with Crippen LogP contribution in [0.1, 0.15) is 11.5 Å². The molecular weight excluding hydrogens is 218 g/mol. The number of likely N-dealkylation sites (tertiary alicyclic amines) is 1. The van der Waals surface area contributed by atoms with Gasteiger partial charge >= 0.3 is 0 Å². The lowest BCUT2D eigenvalue weighted by Gasteiger charge is -2.50. The lowest BCUT2D eigenvalue weighted by atomic mass is 9.86. The second-order valence-corrected chi connectivity index (χ2v) is 4.71. The van der Waals surface area contributed by atoms with E-state index in [1.165, 1.54) is 5.56 Å². The predicted octanol–water partition coefficient (Wildman–Crippen LogP) is -0.199. The zero-order chi connectivity index (χ0) is 12.3. The van der Waals surface area contributed by atoms with Crippen LogP contribution >= 0.6 is 0 Å². The first kappa shape index (κ1) is 12.5. The molecule has 0 unspecified atom stereocenters. The third-order valence-corrected chi connectivity index (χ3v) is 3.71. The Balaban J connectivity index is 1.98. The summed E-state index contributed by atoms with van der Waals surface area (Å²) in [4.78, 5) is 1.95. The molecule has 1 saturated heterocycles. The van der Waals surface area contributed by atoms with E-state index in [9.17, 15) is 15.3 Å². The van der Waals surface area contributed by atoms with E-state index >= 15 is 0 Å². The van der Waals surface area contributed by atoms with E-state index in [1.807, 2.05) is 23.1 Å². The summed E-state index contributed by atoms with van der Waals surface area (Å²) in [5.74, 6) is 0.431. The van der Waals surface area contributed by atoms with Crippen molar-refractivity contribution in [3.8, 4) is 0 Å². The molecule has 1 aromatic rings. The highest BCUT2D eigenvalue weighted by molar-refractivity contribution is 5.23. The Morgan fingerprint density at radius 1 is 1.00 bits per heavy atom. The van der Waals surface area contributed by atoms with Crippen molar-refractivity contribution in [3.63, 3.8) is 0 Å². The molecule has 0 saturated carbocycles. The van der Waals surface area contributed by atoms with Crippen LogP contribution in [-0.2, 0) is 0 Å². The van der Waals surface area contributed by atoms with Gasteiger partial charge in [-0.2, -0.15) is 0 Å². The van der Waals surface area contributed by atoms with Crippen molar-refractivity contribution in [1.82, 2.24) is 4.90 Å². The van der Waals surface area contributed by atoms with Crippen LogP contribution in [0.5, 0.6) is 0 Å². The first-order valence-corrected chi connectivity index (χ1v) is 5.88. The molecule has 1 aromatic carbocycles. The Kier molecular flexibility index (Phi) is 3.79. The Labute approximate surface area is 101 Å². The highest BCUT2D eigenvalue weighted by atomic mass is 16.3. The Morgan fingerprint density at radius 2 is 1.53 bits per heavy atom. The maximum Gasteiger partial charge on any atom is 0.0906 e. The van der Waals surface area contributed by atoms with E-state index < -0.39 is 5.54 Å². The van der Waals surface area contributed by atoms with Gasteiger partial charge in [-0.25, -0.2) is 0 Å². The predicted molar refractivity (Wildman–Crippen MR) is 64.7 cm³/mol. The second kappa shape index (κ2) is 5.14. The van der Waals surface area contributed by atoms with Crippen LogP contribution in [0.15, 0.2) is 30.3 Å². The van der Waals surface area contributed by atoms with E-state index in [2.05, 4.69) is 12.1 Å². The van der Waals surface area contributed by atoms with Crippen molar-refractivity contribution in [2.24, 2.45) is 0 Å². The van der Waals surface area contributed by atoms with Gasteiger partial charge < -0.3 is 15.3 Å². The summed E-state index contributed by atoms with van der Waals surface area (Å²) in [6, 6.07) is 10.2. The molecule has 1 fully saturated rings. The molecule has 1 aliphatic heterocycles. The minimum atomic E-state index is -0.870. The minimum absolute atomic E-state index is 0.221. The third kappa shape index (κ3) is 2.21. The summed E-state index contributed by atoms with van der Waals surface area (Å²) in [6.07, 6.45) is 0. The maximum atomic E-state index is 9.31. The van der Waals surface area contributed by atoms with Crippen molar-refractivity contribution in [2.45, 2.75) is 11.5 Å². The van der Waals surface area contributed by atoms with E-state index in [0.29, 0.717) is 5.92 Å². The van der Waals surface area contributed by atoms with E-state index in [0.717, 1.165) is 13.1 Å². The van der Waals surface area contributed by atoms with Gasteiger partial charge in [0, 0.05) is 19.0 Å². The number of hydrogen-bond donors (Lipinski definition) is 3. The van der Waals surface area contributed by atoms with Gasteiger partial charge in [0.1, 0.15) is 0 Å². The fourth-order valence-corrected chi connectivity index (χ4v) is 2.25. The second-order valence-electron chi connectivity index (χ2n) is 4.71. The molecular formula is C13H19NO3. The van der Waals surface area contributed by atoms with E-state index in [-0.39, 0.29) is 19.8 Å². The number of aliphatic hydroxyl groups is 3. The van der Waals surface area contributed by atoms with E-state index in [4.69, 9.17) is 0 Å². The molecule has 4 nitrogen and oxygen atoms in total. The molecule has 17 heavy (non-hydrogen) atoms. The van der Waals surface area contributed by atoms with Crippen molar-refractivity contribution in [1.29, 1.82) is 0 Å². The summed E-state index contributed by atoms with van der Waals surface area (Å²) in [5.41, 5.74) is 0.400. The maximum absolute atomic E-state index is 9.31. The van der Waals surface area contributed by atoms with Gasteiger partial charge in [-0.3, -0.25) is 4.90 Å². The molecule has 0 atom stereocenters. The summed E-state index contributed by atoms with van der Waals surface area (Å²) < 4.78 is 0. The van der Waals surface area contributed by atoms with Crippen molar-refractivity contribution in [3.05, 3.63) is 35.9 Å². The fourth-order valence-electron chi connectivity index (χ4n) is 2.25. The Morgan fingerprint density at radius 3 is 2.00 bits per heavy atom. The number of rotatable bonds is 5. The van der Waals surface area contributed by atoms with Crippen molar-refractivity contribution >= 4 is 0 Å². The normalized spacial score (nSPS) is 18.1. The average molecular weight is 237 g/mol. The van der Waals surface area contributed by atoms with Gasteiger partial charge in [0.25, 0.3) is 0 Å². The molecule has 0 aromatic heterocycles. The number of benzene rings is 1. The van der Waals surface area contributed by atoms with Gasteiger partial charge in [-0.15, -0.1) is 0 Å². The summed E-state index contributed by atoms with van der Waals surface area (Å²) in [6.45, 7) is 0.877. The lowest BCUT2D eigenvalue weighted by Crippen LogP contribution is -2.64. The Hall–Kier alpha value is -0.940. The smallest absolute Gasteiger partial charge is 0.0906 e. The molecule has 4 heteroatoms. The molecule has 1 heterocycles. The zero-order valence-corrected chi connectivity index (χ0v) is 9.79. The van der Waals surface area contributed by atoms with Gasteiger partial charge in [0.05, 0.1) is 25.4 Å². The van der Waals surface area contributed by atoms with Gasteiger partial charge in [0.15, 0.2) is 0 Å². The summed E-state index contributed by atoms with van der Waals surface area (Å²) >= 11 is 0. The molecule has 0 spiro atoms. The molecule has 0 aliphatic carbocycles. The highest BCUT2D eigenvalue weighted by Gasteiger charge is 2.43. The number of aliphatic hydroxyl groups excluding tert-OH is 3. The highest BCUT2D eigenvalue weighted by Crippen LogP contribution is 2.32. The Bertz CT molecular complexity index is 337. The topological polar surface area (TPSA) is 63.9 Å². The molecule has 94 valence electrons. The molecule has 0 amide bonds. The number of nitrogens with zero attached hydrogens (tertiary/aromatic N) is 1. The van der Waals surface area contributed by atoms with Crippen LogP contribution in [0.3, 0.4) is 0 Å². The van der Waals surface area contributed by atoms with Gasteiger partial charge in [-0.1, -0.05) is 30.3 Å². The summed E-state index contributed by atoms with van der Waals surface area (Å²) in [5, 5.41) is 27.9. The van der Waals surface area contributed by atoms with Crippen LogP contribution in [0.2, 0.25) is 0 Å². The van der Waals surface area contributed by atoms with E-state index in [1.54, 1.807) is 0 Å². The number of hydrogen-bond acceptors (Lipinski definition) is 4. The standard InChI is InChI=1S/C13H19NO3/c15-8-13(9-16,10-17)14-6-12(7-14)11-4-2-1-3-5-11/h1-5,12,15-17H,6-10H2. The average Bonchev–Trinajstić information content (AvgIpc) is 2.35. The van der Waals surface area contributed by atoms with Crippen LogP contribution < -0.4 is 0 Å². The molecule has 2 rings (SSSR count). The van der Waals surface area contributed by atoms with Gasteiger partial charge in [-0.05, 0) is 5.56 Å². The fraction of sp³-hybridized carbons (Fsp3) is 0.538. The SMILES string of the molecule is OCC(CO)(CO)N1CC(c2ccccc2)C1. The van der Waals surface area contributed by atoms with Crippen LogP contribution in [0.25, 0.3) is 0 Å². The monoisotopic (exact) mass is 237 g/mol. The molecule has 3 N–H and O–H groups in total. The lowest BCUT2D eigenvalue weighted by molar-refractivity contribution is -0.0837. The third-order valence-electron chi connectivity index (χ3n) is 3.71. The van der Waals surface area contributed by atoms with Gasteiger partial charge in [0.2, 0.25) is 0 Å². The first-order valence-electron chi connectivity index (χ1n) is 5.88. The minimum Gasteiger partial charge on any atom is -0.394 e. The van der Waals surface area contributed by atoms with Crippen LogP contribution in [0.4, 0.5) is 0 Å². The van der Waals surface area contributed by atoms with Crippen LogP contribution in [-0.4, -0.2) is 58.7 Å². The van der Waals surface area contributed by atoms with Crippen molar-refractivity contribution < 1.29 is 15.3 Å². The molecule has 0 bridgehead atoms.